The number of aliphatic hydroxyl groups is 1. The van der Waals surface area contributed by atoms with Gasteiger partial charge in [0.1, 0.15) is 13.2 Å². The van der Waals surface area contributed by atoms with Gasteiger partial charge in [-0.2, -0.15) is 0 Å². The van der Waals surface area contributed by atoms with Crippen molar-refractivity contribution in [3.8, 4) is 0 Å². The van der Waals surface area contributed by atoms with E-state index in [4.69, 9.17) is 9.05 Å². The predicted octanol–water partition coefficient (Wildman–Crippen LogP) is 18.0. The number of carbonyl (C=O) groups excluding carboxylic acids is 1. The topological polar surface area (TPSA) is 105 Å². The molecule has 0 aliphatic carbocycles. The summed E-state index contributed by atoms with van der Waals surface area (Å²) in [6.07, 6.45) is 63.8. The van der Waals surface area contributed by atoms with Crippen LogP contribution < -0.4 is 5.32 Å². The zero-order valence-electron chi connectivity index (χ0n) is 46.1. The average molecular weight is 983 g/mol. The molecule has 0 saturated heterocycles. The highest BCUT2D eigenvalue weighted by Crippen LogP contribution is 2.43. The Hall–Kier alpha value is -1.02. The molecule has 0 aromatic rings. The number of quaternary nitrogens is 1. The Kier molecular flexibility index (Phi) is 50.1. The van der Waals surface area contributed by atoms with Gasteiger partial charge < -0.3 is 19.8 Å². The Bertz CT molecular complexity index is 1160. The molecule has 3 N–H and O–H groups in total. The van der Waals surface area contributed by atoms with Crippen molar-refractivity contribution >= 4 is 13.7 Å². The minimum absolute atomic E-state index is 0.0766. The molecule has 0 bridgehead atoms. The number of aliphatic hydroxyl groups excluding tert-OH is 1. The van der Waals surface area contributed by atoms with Crippen molar-refractivity contribution in [1.82, 2.24) is 5.32 Å². The number of hydrogen-bond acceptors (Lipinski definition) is 5. The van der Waals surface area contributed by atoms with E-state index >= 15 is 0 Å². The molecular weight excluding hydrogens is 864 g/mol. The first-order valence-corrected chi connectivity index (χ1v) is 31.2. The number of carbonyl (C=O) groups is 1. The normalized spacial score (nSPS) is 14.0. The summed E-state index contributed by atoms with van der Waals surface area (Å²) in [7, 11) is 1.63. The van der Waals surface area contributed by atoms with E-state index in [1.165, 1.54) is 225 Å². The smallest absolute Gasteiger partial charge is 0.391 e. The second-order valence-electron chi connectivity index (χ2n) is 21.7. The lowest BCUT2D eigenvalue weighted by atomic mass is 10.0. The number of nitrogens with zero attached hydrogens (tertiary/aromatic N) is 1. The van der Waals surface area contributed by atoms with Crippen LogP contribution in [0.1, 0.15) is 296 Å². The van der Waals surface area contributed by atoms with Gasteiger partial charge in [0.15, 0.2) is 0 Å². The van der Waals surface area contributed by atoms with Crippen molar-refractivity contribution in [3.05, 3.63) is 24.3 Å². The van der Waals surface area contributed by atoms with Gasteiger partial charge in [0, 0.05) is 6.42 Å². The van der Waals surface area contributed by atoms with Gasteiger partial charge in [-0.25, -0.2) is 4.57 Å². The van der Waals surface area contributed by atoms with E-state index in [0.29, 0.717) is 23.9 Å². The molecule has 0 aliphatic heterocycles. The molecule has 0 spiro atoms. The summed E-state index contributed by atoms with van der Waals surface area (Å²) in [6, 6.07) is -0.759. The molecule has 0 aliphatic rings. The zero-order valence-corrected chi connectivity index (χ0v) is 47.0. The number of likely N-dealkylation sites (N-methyl/N-ethyl adjacent to an activating group) is 1. The van der Waals surface area contributed by atoms with Crippen molar-refractivity contribution in [1.29, 1.82) is 0 Å². The van der Waals surface area contributed by atoms with E-state index < -0.39 is 20.0 Å². The minimum Gasteiger partial charge on any atom is -0.391 e. The first-order valence-electron chi connectivity index (χ1n) is 29.7. The molecule has 0 saturated carbocycles. The molecule has 0 aromatic carbocycles. The molecule has 0 heterocycles. The van der Waals surface area contributed by atoms with Crippen molar-refractivity contribution in [3.63, 3.8) is 0 Å². The van der Waals surface area contributed by atoms with Crippen LogP contribution in [0.25, 0.3) is 0 Å². The summed E-state index contributed by atoms with van der Waals surface area (Å²) in [5.41, 5.74) is 0. The quantitative estimate of drug-likeness (QED) is 0.0243. The number of unbranched alkanes of at least 4 members (excludes halogenated alkanes) is 38. The average Bonchev–Trinajstić information content (AvgIpc) is 3.30. The third-order valence-corrected chi connectivity index (χ3v) is 14.7. The second kappa shape index (κ2) is 50.9. The first-order chi connectivity index (χ1) is 33.0. The van der Waals surface area contributed by atoms with Gasteiger partial charge in [0.25, 0.3) is 0 Å². The number of allylic oxidation sites excluding steroid dienone is 4. The molecule has 68 heavy (non-hydrogen) atoms. The summed E-state index contributed by atoms with van der Waals surface area (Å²) >= 11 is 0. The fraction of sp³-hybridized carbons (Fsp3) is 0.915. The fourth-order valence-electron chi connectivity index (χ4n) is 9.02. The van der Waals surface area contributed by atoms with E-state index in [-0.39, 0.29) is 19.1 Å². The highest BCUT2D eigenvalue weighted by atomic mass is 31.2. The van der Waals surface area contributed by atoms with Crippen molar-refractivity contribution in [2.75, 3.05) is 40.9 Å². The molecule has 0 fully saturated rings. The number of nitrogens with one attached hydrogen (secondary N) is 1. The second-order valence-corrected chi connectivity index (χ2v) is 23.2. The number of phosphoric ester groups is 1. The Balaban J connectivity index is 4.11. The number of rotatable bonds is 55. The maximum Gasteiger partial charge on any atom is 0.472 e. The molecule has 9 heteroatoms. The molecule has 3 unspecified atom stereocenters. The molecule has 404 valence electrons. The zero-order chi connectivity index (χ0) is 49.9. The fourth-order valence-corrected chi connectivity index (χ4v) is 9.76. The van der Waals surface area contributed by atoms with Crippen molar-refractivity contribution in [2.45, 2.75) is 309 Å². The minimum atomic E-state index is -4.32. The van der Waals surface area contributed by atoms with Crippen molar-refractivity contribution in [2.24, 2.45) is 0 Å². The Labute approximate surface area is 424 Å². The summed E-state index contributed by atoms with van der Waals surface area (Å²) < 4.78 is 23.8. The van der Waals surface area contributed by atoms with Gasteiger partial charge in [-0.05, 0) is 44.9 Å². The number of hydrogen-bond donors (Lipinski definition) is 3. The van der Waals surface area contributed by atoms with Crippen LogP contribution in [-0.4, -0.2) is 73.4 Å². The third-order valence-electron chi connectivity index (χ3n) is 13.7. The monoisotopic (exact) mass is 982 g/mol. The van der Waals surface area contributed by atoms with Gasteiger partial charge in [-0.3, -0.25) is 13.8 Å². The predicted molar refractivity (Wildman–Crippen MR) is 295 cm³/mol. The standard InChI is InChI=1S/C59H117N2O6P/c1-6-8-10-12-14-16-18-20-22-24-26-27-28-29-30-31-32-33-35-37-39-41-43-45-47-49-51-53-59(63)60-57(56-67-68(64,65)66-55-54-61(3,4)5)58(62)52-50-48-46-44-42-40-38-36-34-25-23-21-19-17-15-13-11-9-7-2/h18,20,24,26,57-58,62H,6-17,19,21-23,25,27-56H2,1-5H3,(H-,60,63,64,65)/p+1/b20-18-,26-24-. The number of phosphoric acid groups is 1. The van der Waals surface area contributed by atoms with E-state index in [9.17, 15) is 19.4 Å². The maximum absolute atomic E-state index is 13.0. The molecule has 8 nitrogen and oxygen atoms in total. The molecule has 0 aromatic heterocycles. The van der Waals surface area contributed by atoms with Crippen LogP contribution in [-0.2, 0) is 18.4 Å². The van der Waals surface area contributed by atoms with E-state index in [1.54, 1.807) is 0 Å². The lowest BCUT2D eigenvalue weighted by Gasteiger charge is -2.26. The molecule has 1 amide bonds. The van der Waals surface area contributed by atoms with Gasteiger partial charge in [-0.15, -0.1) is 0 Å². The lowest BCUT2D eigenvalue weighted by Crippen LogP contribution is -2.46. The highest BCUT2D eigenvalue weighted by molar-refractivity contribution is 7.47. The van der Waals surface area contributed by atoms with Gasteiger partial charge in [0.05, 0.1) is 39.9 Å². The summed E-state index contributed by atoms with van der Waals surface area (Å²) in [5.74, 6) is -0.140. The highest BCUT2D eigenvalue weighted by Gasteiger charge is 2.28. The van der Waals surface area contributed by atoms with E-state index in [0.717, 1.165) is 44.9 Å². The van der Waals surface area contributed by atoms with Crippen LogP contribution in [0.4, 0.5) is 0 Å². The molecule has 3 atom stereocenters. The Morgan fingerprint density at radius 1 is 0.500 bits per heavy atom. The van der Waals surface area contributed by atoms with Gasteiger partial charge in [-0.1, -0.05) is 269 Å². The molecule has 0 radical (unpaired) electrons. The van der Waals surface area contributed by atoms with E-state index in [1.807, 2.05) is 21.1 Å². The van der Waals surface area contributed by atoms with Crippen molar-refractivity contribution < 1.29 is 32.9 Å². The Morgan fingerprint density at radius 2 is 0.838 bits per heavy atom. The van der Waals surface area contributed by atoms with Gasteiger partial charge in [0.2, 0.25) is 5.91 Å². The first kappa shape index (κ1) is 67.0. The third kappa shape index (κ3) is 52.8. The van der Waals surface area contributed by atoms with Crippen LogP contribution in [0.3, 0.4) is 0 Å². The molecule has 0 rings (SSSR count). The summed E-state index contributed by atoms with van der Waals surface area (Å²) in [6.45, 7) is 4.92. The van der Waals surface area contributed by atoms with Crippen LogP contribution in [0.15, 0.2) is 24.3 Å². The van der Waals surface area contributed by atoms with E-state index in [2.05, 4.69) is 43.5 Å². The summed E-state index contributed by atoms with van der Waals surface area (Å²) in [4.78, 5) is 23.4. The maximum atomic E-state index is 13.0. The van der Waals surface area contributed by atoms with Gasteiger partial charge >= 0.3 is 7.82 Å². The number of amides is 1. The van der Waals surface area contributed by atoms with Crippen LogP contribution in [0, 0.1) is 0 Å². The van der Waals surface area contributed by atoms with Crippen LogP contribution in [0.2, 0.25) is 0 Å². The van der Waals surface area contributed by atoms with Crippen LogP contribution >= 0.6 is 7.82 Å². The SMILES string of the molecule is CCCCCCC/C=C\C/C=C\CCCCCCCCCCCCCCCCCC(=O)NC(COP(=O)(O)OCC[N+](C)(C)C)C(O)CCCCCCCCCCCCCCCCCCCCC. The molecular formula is C59H118N2O6P+. The lowest BCUT2D eigenvalue weighted by molar-refractivity contribution is -0.870. The largest absolute Gasteiger partial charge is 0.472 e. The van der Waals surface area contributed by atoms with Crippen LogP contribution in [0.5, 0.6) is 0 Å². The summed E-state index contributed by atoms with van der Waals surface area (Å²) in [5, 5.41) is 14.1. The Morgan fingerprint density at radius 3 is 1.21 bits per heavy atom.